The minimum Gasteiger partial charge on any atom is -0.345 e. The molecule has 2 rings (SSSR count). The van der Waals surface area contributed by atoms with Gasteiger partial charge in [-0.1, -0.05) is 36.4 Å². The second kappa shape index (κ2) is 6.15. The number of Topliss-reactive ketones (excluding diaryl/α,β-unsaturated/α-hetero) is 1. The highest BCUT2D eigenvalue weighted by Crippen LogP contribution is 2.09. The lowest BCUT2D eigenvalue weighted by Crippen LogP contribution is -2.29. The molecule has 0 unspecified atom stereocenters. The van der Waals surface area contributed by atoms with Gasteiger partial charge < -0.3 is 5.32 Å². The van der Waals surface area contributed by atoms with Crippen LogP contribution in [0.15, 0.2) is 48.5 Å². The zero-order valence-electron chi connectivity index (χ0n) is 11.6. The van der Waals surface area contributed by atoms with Crippen LogP contribution in [0.1, 0.15) is 31.8 Å². The maximum atomic E-state index is 12.0. The number of amides is 1. The van der Waals surface area contributed by atoms with E-state index < -0.39 is 0 Å². The average molecular weight is 267 g/mol. The van der Waals surface area contributed by atoms with Crippen LogP contribution in [0.25, 0.3) is 0 Å². The molecule has 0 saturated heterocycles. The summed E-state index contributed by atoms with van der Waals surface area (Å²) in [5.74, 6) is -0.319. The van der Waals surface area contributed by atoms with E-state index in [9.17, 15) is 9.59 Å². The second-order valence-electron chi connectivity index (χ2n) is 4.77. The van der Waals surface area contributed by atoms with Gasteiger partial charge in [0.1, 0.15) is 0 Å². The third-order valence-corrected chi connectivity index (χ3v) is 3.27. The molecule has 1 N–H and O–H groups in total. The lowest BCUT2D eigenvalue weighted by molar-refractivity contribution is 0.0904. The maximum absolute atomic E-state index is 12.0. The number of aryl methyl sites for hydroxylation is 2. The SMILES string of the molecule is Cc1ccc(C(=O)NCC(=O)c2ccccc2)cc1C. The zero-order chi connectivity index (χ0) is 14.5. The number of ketones is 1. The molecule has 0 saturated carbocycles. The number of carbonyl (C=O) groups excluding carboxylic acids is 2. The predicted octanol–water partition coefficient (Wildman–Crippen LogP) is 2.92. The van der Waals surface area contributed by atoms with Crippen LogP contribution in [-0.2, 0) is 0 Å². The first kappa shape index (κ1) is 14.0. The predicted molar refractivity (Wildman–Crippen MR) is 79.0 cm³/mol. The molecule has 0 aliphatic heterocycles. The maximum Gasteiger partial charge on any atom is 0.251 e. The van der Waals surface area contributed by atoms with E-state index in [-0.39, 0.29) is 18.2 Å². The van der Waals surface area contributed by atoms with Gasteiger partial charge in [-0.2, -0.15) is 0 Å². The fourth-order valence-electron chi connectivity index (χ4n) is 1.87. The Morgan fingerprint density at radius 3 is 2.25 bits per heavy atom. The smallest absolute Gasteiger partial charge is 0.251 e. The van der Waals surface area contributed by atoms with Crippen LogP contribution in [0.2, 0.25) is 0 Å². The molecule has 3 nitrogen and oxygen atoms in total. The second-order valence-corrected chi connectivity index (χ2v) is 4.77. The molecule has 0 heterocycles. The lowest BCUT2D eigenvalue weighted by atomic mass is 10.1. The van der Waals surface area contributed by atoms with Crippen molar-refractivity contribution < 1.29 is 9.59 Å². The van der Waals surface area contributed by atoms with Crippen molar-refractivity contribution in [1.29, 1.82) is 0 Å². The Kier molecular flexibility index (Phi) is 4.31. The fraction of sp³-hybridized carbons (Fsp3) is 0.176. The molecule has 102 valence electrons. The van der Waals surface area contributed by atoms with Crippen molar-refractivity contribution in [3.63, 3.8) is 0 Å². The summed E-state index contributed by atoms with van der Waals surface area (Å²) in [5.41, 5.74) is 3.38. The van der Waals surface area contributed by atoms with Crippen molar-refractivity contribution >= 4 is 11.7 Å². The van der Waals surface area contributed by atoms with Crippen molar-refractivity contribution in [1.82, 2.24) is 5.32 Å². The number of carbonyl (C=O) groups is 2. The first-order valence-corrected chi connectivity index (χ1v) is 6.51. The standard InChI is InChI=1S/C17H17NO2/c1-12-8-9-15(10-13(12)2)17(20)18-11-16(19)14-6-4-3-5-7-14/h3-10H,11H2,1-2H3,(H,18,20). The van der Waals surface area contributed by atoms with Crippen LogP contribution in [0.3, 0.4) is 0 Å². The first-order chi connectivity index (χ1) is 9.58. The molecule has 0 fully saturated rings. The highest BCUT2D eigenvalue weighted by Gasteiger charge is 2.10. The van der Waals surface area contributed by atoms with Crippen LogP contribution < -0.4 is 5.32 Å². The molecular formula is C17H17NO2. The summed E-state index contributed by atoms with van der Waals surface area (Å²) < 4.78 is 0. The Bertz CT molecular complexity index is 633. The molecule has 2 aromatic rings. The van der Waals surface area contributed by atoms with Crippen LogP contribution in [0, 0.1) is 13.8 Å². The van der Waals surface area contributed by atoms with Crippen LogP contribution in [0.4, 0.5) is 0 Å². The molecule has 3 heteroatoms. The molecule has 0 spiro atoms. The monoisotopic (exact) mass is 267 g/mol. The Balaban J connectivity index is 1.98. The number of hydrogen-bond acceptors (Lipinski definition) is 2. The molecule has 0 aliphatic carbocycles. The summed E-state index contributed by atoms with van der Waals surface area (Å²) in [5, 5.41) is 2.66. The third-order valence-electron chi connectivity index (χ3n) is 3.27. The molecular weight excluding hydrogens is 250 g/mol. The highest BCUT2D eigenvalue weighted by atomic mass is 16.2. The third kappa shape index (κ3) is 3.32. The van der Waals surface area contributed by atoms with E-state index in [0.29, 0.717) is 11.1 Å². The fourth-order valence-corrected chi connectivity index (χ4v) is 1.87. The summed E-state index contributed by atoms with van der Waals surface area (Å²) in [6, 6.07) is 14.4. The first-order valence-electron chi connectivity index (χ1n) is 6.51. The summed E-state index contributed by atoms with van der Waals surface area (Å²) in [6.07, 6.45) is 0. The van der Waals surface area contributed by atoms with E-state index in [1.165, 1.54) is 0 Å². The van der Waals surface area contributed by atoms with Gasteiger partial charge in [-0.15, -0.1) is 0 Å². The lowest BCUT2D eigenvalue weighted by Gasteiger charge is -2.07. The van der Waals surface area contributed by atoms with Crippen LogP contribution >= 0.6 is 0 Å². The molecule has 0 atom stereocenters. The number of rotatable bonds is 4. The van der Waals surface area contributed by atoms with Gasteiger partial charge in [0.25, 0.3) is 5.91 Å². The molecule has 0 aromatic heterocycles. The highest BCUT2D eigenvalue weighted by molar-refractivity contribution is 6.02. The summed E-state index contributed by atoms with van der Waals surface area (Å²) in [7, 11) is 0. The number of hydrogen-bond donors (Lipinski definition) is 1. The van der Waals surface area contributed by atoms with Gasteiger partial charge in [-0.05, 0) is 37.1 Å². The van der Waals surface area contributed by atoms with Gasteiger partial charge >= 0.3 is 0 Å². The minimum atomic E-state index is -0.225. The minimum absolute atomic E-state index is 0.00969. The van der Waals surface area contributed by atoms with Crippen molar-refractivity contribution in [3.05, 3.63) is 70.8 Å². The Labute approximate surface area is 118 Å². The summed E-state index contributed by atoms with van der Waals surface area (Å²) >= 11 is 0. The van der Waals surface area contributed by atoms with Gasteiger partial charge in [0.2, 0.25) is 0 Å². The Morgan fingerprint density at radius 1 is 0.900 bits per heavy atom. The Hall–Kier alpha value is -2.42. The largest absolute Gasteiger partial charge is 0.345 e. The molecule has 0 aliphatic rings. The van der Waals surface area contributed by atoms with E-state index in [1.807, 2.05) is 32.0 Å². The van der Waals surface area contributed by atoms with E-state index in [4.69, 9.17) is 0 Å². The van der Waals surface area contributed by atoms with Crippen molar-refractivity contribution in [2.24, 2.45) is 0 Å². The van der Waals surface area contributed by atoms with Crippen molar-refractivity contribution in [2.45, 2.75) is 13.8 Å². The van der Waals surface area contributed by atoms with Gasteiger partial charge in [0, 0.05) is 11.1 Å². The zero-order valence-corrected chi connectivity index (χ0v) is 11.6. The summed E-state index contributed by atoms with van der Waals surface area (Å²) in [6.45, 7) is 3.97. The van der Waals surface area contributed by atoms with E-state index >= 15 is 0 Å². The molecule has 20 heavy (non-hydrogen) atoms. The topological polar surface area (TPSA) is 46.2 Å². The molecule has 0 radical (unpaired) electrons. The van der Waals surface area contributed by atoms with E-state index in [1.54, 1.807) is 30.3 Å². The molecule has 1 amide bonds. The summed E-state index contributed by atoms with van der Waals surface area (Å²) in [4.78, 5) is 23.9. The van der Waals surface area contributed by atoms with Gasteiger partial charge in [0.15, 0.2) is 5.78 Å². The molecule has 2 aromatic carbocycles. The quantitative estimate of drug-likeness (QED) is 0.866. The van der Waals surface area contributed by atoms with Crippen molar-refractivity contribution in [2.75, 3.05) is 6.54 Å². The number of nitrogens with one attached hydrogen (secondary N) is 1. The van der Waals surface area contributed by atoms with E-state index in [2.05, 4.69) is 5.32 Å². The number of benzene rings is 2. The van der Waals surface area contributed by atoms with Crippen LogP contribution in [-0.4, -0.2) is 18.2 Å². The molecule has 0 bridgehead atoms. The average Bonchev–Trinajstić information content (AvgIpc) is 2.48. The Morgan fingerprint density at radius 2 is 1.60 bits per heavy atom. The van der Waals surface area contributed by atoms with Gasteiger partial charge in [0.05, 0.1) is 6.54 Å². The van der Waals surface area contributed by atoms with Crippen LogP contribution in [0.5, 0.6) is 0 Å². The normalized spacial score (nSPS) is 10.1. The van der Waals surface area contributed by atoms with Gasteiger partial charge in [-0.3, -0.25) is 9.59 Å². The van der Waals surface area contributed by atoms with Crippen molar-refractivity contribution in [3.8, 4) is 0 Å². The van der Waals surface area contributed by atoms with E-state index in [0.717, 1.165) is 11.1 Å². The van der Waals surface area contributed by atoms with Gasteiger partial charge in [-0.25, -0.2) is 0 Å².